The van der Waals surface area contributed by atoms with Gasteiger partial charge in [0.2, 0.25) is 0 Å². The average Bonchev–Trinajstić information content (AvgIpc) is 3.57. The van der Waals surface area contributed by atoms with Gasteiger partial charge < -0.3 is 20.2 Å². The summed E-state index contributed by atoms with van der Waals surface area (Å²) in [6.45, 7) is 4.90. The highest BCUT2D eigenvalue weighted by molar-refractivity contribution is 8.15. The van der Waals surface area contributed by atoms with Crippen LogP contribution in [0.3, 0.4) is 0 Å². The minimum Gasteiger partial charge on any atom is -0.444 e. The van der Waals surface area contributed by atoms with Crippen LogP contribution in [0.4, 0.5) is 9.93 Å². The van der Waals surface area contributed by atoms with Crippen molar-refractivity contribution < 1.29 is 19.2 Å². The van der Waals surface area contributed by atoms with Gasteiger partial charge in [-0.1, -0.05) is 96.2 Å². The third kappa shape index (κ3) is 8.36. The van der Waals surface area contributed by atoms with E-state index >= 15 is 0 Å². The molecular weight excluding hydrogens is 679 g/mol. The molecule has 3 aromatic carbocycles. The van der Waals surface area contributed by atoms with Crippen LogP contribution in [0.5, 0.6) is 0 Å². The second kappa shape index (κ2) is 15.8. The van der Waals surface area contributed by atoms with Gasteiger partial charge in [0.05, 0.1) is 0 Å². The van der Waals surface area contributed by atoms with E-state index in [0.717, 1.165) is 21.3 Å². The van der Waals surface area contributed by atoms with Crippen molar-refractivity contribution in [2.24, 2.45) is 5.16 Å². The maximum Gasteiger partial charge on any atom is 0.407 e. The molecule has 258 valence electrons. The number of thioether (sulfide) groups is 1. The topological polar surface area (TPSA) is 170 Å². The first-order valence-electron chi connectivity index (χ1n) is 15.4. The Balaban J connectivity index is 1.45. The molecule has 0 saturated carbocycles. The lowest BCUT2D eigenvalue weighted by Gasteiger charge is -2.36. The maximum atomic E-state index is 13.7. The number of thiazole rings is 1. The zero-order valence-corrected chi connectivity index (χ0v) is 29.3. The number of ether oxygens (including phenoxy) is 1. The summed E-state index contributed by atoms with van der Waals surface area (Å²) in [6, 6.07) is 30.0. The number of carbonyl (C=O) groups is 2. The normalized spacial score (nSPS) is 11.9. The third-order valence-electron chi connectivity index (χ3n) is 7.15. The first-order chi connectivity index (χ1) is 24.0. The highest BCUT2D eigenvalue weighted by Crippen LogP contribution is 2.40. The quantitative estimate of drug-likeness (QED) is 0.0527. The van der Waals surface area contributed by atoms with Gasteiger partial charge in [-0.2, -0.15) is 0 Å². The molecule has 0 bridgehead atoms. The number of hydrogen-bond acceptors (Lipinski definition) is 12. The first-order valence-corrected chi connectivity index (χ1v) is 17.1. The molecule has 0 aliphatic carbocycles. The molecule has 5 aromatic rings. The van der Waals surface area contributed by atoms with Gasteiger partial charge in [0.25, 0.3) is 5.12 Å². The van der Waals surface area contributed by atoms with Crippen LogP contribution < -0.4 is 21.8 Å². The molecule has 3 N–H and O–H groups in total. The summed E-state index contributed by atoms with van der Waals surface area (Å²) < 4.78 is 6.21. The lowest BCUT2D eigenvalue weighted by atomic mass is 9.77. The van der Waals surface area contributed by atoms with E-state index in [2.05, 4.69) is 26.0 Å². The van der Waals surface area contributed by atoms with E-state index in [1.54, 1.807) is 26.2 Å². The summed E-state index contributed by atoms with van der Waals surface area (Å²) in [5, 5.41) is 17.6. The molecule has 13 nitrogen and oxygen atoms in total. The summed E-state index contributed by atoms with van der Waals surface area (Å²) in [4.78, 5) is 60.5. The molecule has 0 fully saturated rings. The van der Waals surface area contributed by atoms with Crippen molar-refractivity contribution >= 4 is 45.2 Å². The molecule has 15 heteroatoms. The highest BCUT2D eigenvalue weighted by Gasteiger charge is 2.37. The molecule has 0 atom stereocenters. The summed E-state index contributed by atoms with van der Waals surface area (Å²) >= 11 is 1.82. The molecule has 0 aliphatic rings. The Bertz CT molecular complexity index is 1980. The van der Waals surface area contributed by atoms with E-state index < -0.39 is 33.5 Å². The number of nitrogens with one attached hydrogen (secondary N) is 3. The summed E-state index contributed by atoms with van der Waals surface area (Å²) in [7, 11) is 1.30. The monoisotopic (exact) mass is 713 g/mol. The molecule has 0 unspecified atom stereocenters. The first kappa shape index (κ1) is 35.8. The molecule has 0 saturated heterocycles. The summed E-state index contributed by atoms with van der Waals surface area (Å²) in [5.74, 6) is 0. The predicted octanol–water partition coefficient (Wildman–Crippen LogP) is 4.99. The fourth-order valence-corrected chi connectivity index (χ4v) is 6.60. The van der Waals surface area contributed by atoms with Crippen LogP contribution >= 0.6 is 23.1 Å². The smallest absolute Gasteiger partial charge is 0.407 e. The van der Waals surface area contributed by atoms with E-state index in [4.69, 9.17) is 14.6 Å². The Labute approximate surface area is 295 Å². The number of benzene rings is 3. The SMILES string of the molecule is CON=C(C(=O)Sc1n[nH]c(=O)c(=O)n1CCNC(=O)OC(C)(C)C)c1csc(NC(c2ccccc2)(c2ccccc2)c2ccccc2)n1. The number of anilines is 1. The molecular formula is C35H35N7O6S2. The number of aromatic nitrogens is 4. The minimum absolute atomic E-state index is 0.0756. The van der Waals surface area contributed by atoms with E-state index in [1.807, 2.05) is 91.0 Å². The number of nitrogens with zero attached hydrogens (tertiary/aromatic N) is 4. The molecule has 1 amide bonds. The second-order valence-electron chi connectivity index (χ2n) is 11.7. The molecule has 5 rings (SSSR count). The van der Waals surface area contributed by atoms with Gasteiger partial charge in [0, 0.05) is 18.5 Å². The minimum atomic E-state index is -0.987. The molecule has 0 spiro atoms. The number of carbonyl (C=O) groups excluding carboxylic acids is 2. The van der Waals surface area contributed by atoms with E-state index in [9.17, 15) is 19.2 Å². The fraction of sp³-hybridized carbons (Fsp3) is 0.229. The zero-order chi connectivity index (χ0) is 35.7. The van der Waals surface area contributed by atoms with Crippen LogP contribution in [0.15, 0.2) is 116 Å². The molecule has 2 aromatic heterocycles. The van der Waals surface area contributed by atoms with Crippen molar-refractivity contribution in [3.63, 3.8) is 0 Å². The number of alkyl carbamates (subject to hydrolysis) is 1. The van der Waals surface area contributed by atoms with E-state index in [-0.39, 0.29) is 29.7 Å². The van der Waals surface area contributed by atoms with Gasteiger partial charge in [-0.05, 0) is 49.2 Å². The van der Waals surface area contributed by atoms with E-state index in [0.29, 0.717) is 16.9 Å². The Hall–Kier alpha value is -5.54. The second-order valence-corrected chi connectivity index (χ2v) is 13.5. The number of aromatic amines is 1. The number of rotatable bonds is 12. The zero-order valence-electron chi connectivity index (χ0n) is 27.7. The highest BCUT2D eigenvalue weighted by atomic mass is 32.2. The van der Waals surface area contributed by atoms with Crippen LogP contribution in [0, 0.1) is 0 Å². The van der Waals surface area contributed by atoms with Crippen molar-refractivity contribution in [1.82, 2.24) is 25.1 Å². The largest absolute Gasteiger partial charge is 0.444 e. The molecule has 0 radical (unpaired) electrons. The third-order valence-corrected chi connectivity index (χ3v) is 8.78. The van der Waals surface area contributed by atoms with Crippen molar-refractivity contribution in [1.29, 1.82) is 0 Å². The summed E-state index contributed by atoms with van der Waals surface area (Å²) in [5.41, 5.74) is -0.563. The lowest BCUT2D eigenvalue weighted by Crippen LogP contribution is -2.41. The van der Waals surface area contributed by atoms with Crippen molar-refractivity contribution in [2.45, 2.75) is 43.6 Å². The Morgan fingerprint density at radius 1 is 0.920 bits per heavy atom. The number of H-pyrrole nitrogens is 1. The van der Waals surface area contributed by atoms with Crippen molar-refractivity contribution in [3.8, 4) is 0 Å². The van der Waals surface area contributed by atoms with Crippen molar-refractivity contribution in [3.05, 3.63) is 139 Å². The number of oxime groups is 1. The van der Waals surface area contributed by atoms with Crippen LogP contribution in [0.2, 0.25) is 0 Å². The summed E-state index contributed by atoms with van der Waals surface area (Å²) in [6.07, 6.45) is -0.702. The van der Waals surface area contributed by atoms with Gasteiger partial charge >= 0.3 is 17.2 Å². The maximum absolute atomic E-state index is 13.7. The lowest BCUT2D eigenvalue weighted by molar-refractivity contribution is -0.105. The fourth-order valence-electron chi connectivity index (χ4n) is 5.07. The molecule has 0 aliphatic heterocycles. The van der Waals surface area contributed by atoms with Gasteiger partial charge in [-0.3, -0.25) is 19.0 Å². The Kier molecular flexibility index (Phi) is 11.3. The van der Waals surface area contributed by atoms with Crippen molar-refractivity contribution in [2.75, 3.05) is 19.0 Å². The van der Waals surface area contributed by atoms with Crippen LogP contribution in [-0.4, -0.2) is 55.9 Å². The van der Waals surface area contributed by atoms with Crippen LogP contribution in [0.25, 0.3) is 0 Å². The van der Waals surface area contributed by atoms with Gasteiger partial charge in [-0.25, -0.2) is 14.9 Å². The standard InChI is InChI=1S/C35H35N7O6S2/c1-34(2,3)48-33(46)36-20-21-42-29(44)28(43)39-40-32(42)50-30(45)27(41-47-4)26-22-49-31(37-26)38-35(23-14-8-5-9-15-23,24-16-10-6-11-17-24)25-18-12-7-13-19-25/h5-19,22H,20-21H2,1-4H3,(H,36,46)(H,37,38)(H,39,43). The molecule has 50 heavy (non-hydrogen) atoms. The van der Waals surface area contributed by atoms with Gasteiger partial charge in [0.1, 0.15) is 23.9 Å². The predicted molar refractivity (Wildman–Crippen MR) is 193 cm³/mol. The van der Waals surface area contributed by atoms with Crippen LogP contribution in [0.1, 0.15) is 43.2 Å². The Morgan fingerprint density at radius 2 is 1.48 bits per heavy atom. The van der Waals surface area contributed by atoms with E-state index in [1.165, 1.54) is 18.4 Å². The average molecular weight is 714 g/mol. The number of hydrogen-bond donors (Lipinski definition) is 3. The Morgan fingerprint density at radius 3 is 2.00 bits per heavy atom. The van der Waals surface area contributed by atoms with Crippen LogP contribution in [-0.2, 0) is 26.5 Å². The number of amides is 1. The van der Waals surface area contributed by atoms with Gasteiger partial charge in [-0.15, -0.1) is 16.4 Å². The van der Waals surface area contributed by atoms with Gasteiger partial charge in [0.15, 0.2) is 16.0 Å². The molecule has 2 heterocycles.